The average Bonchev–Trinajstić information content (AvgIpc) is 2.92. The molecule has 0 saturated heterocycles. The summed E-state index contributed by atoms with van der Waals surface area (Å²) in [5.41, 5.74) is 6.98. The van der Waals surface area contributed by atoms with Gasteiger partial charge in [-0.15, -0.1) is 0 Å². The summed E-state index contributed by atoms with van der Waals surface area (Å²) in [5, 5.41) is 16.5. The van der Waals surface area contributed by atoms with Crippen LogP contribution < -0.4 is 21.1 Å². The van der Waals surface area contributed by atoms with E-state index in [1.165, 1.54) is 0 Å². The van der Waals surface area contributed by atoms with Gasteiger partial charge < -0.3 is 20.9 Å². The van der Waals surface area contributed by atoms with Crippen LogP contribution in [-0.2, 0) is 0 Å². The number of ether oxygens (including phenoxy) is 1. The first kappa shape index (κ1) is 25.4. The number of carbonyl (C=O) groups is 1. The Morgan fingerprint density at radius 1 is 0.921 bits per heavy atom. The van der Waals surface area contributed by atoms with E-state index in [1.54, 1.807) is 30.5 Å². The van der Waals surface area contributed by atoms with E-state index in [0.717, 1.165) is 37.4 Å². The van der Waals surface area contributed by atoms with Crippen LogP contribution in [0, 0.1) is 0 Å². The number of carbonyl (C=O) groups excluding carboxylic acids is 1. The maximum atomic E-state index is 12.5. The molecule has 0 radical (unpaired) electrons. The van der Waals surface area contributed by atoms with Gasteiger partial charge in [0.2, 0.25) is 22.9 Å². The maximum Gasteiger partial charge on any atom is 0.258 e. The lowest BCUT2D eigenvalue weighted by atomic mass is 9.93. The molecular weight excluding hydrogens is 504 g/mol. The first-order chi connectivity index (χ1) is 18.5. The Balaban J connectivity index is 1.36. The van der Waals surface area contributed by atoms with Crippen molar-refractivity contribution in [2.75, 3.05) is 16.4 Å². The van der Waals surface area contributed by atoms with Gasteiger partial charge in [0, 0.05) is 11.6 Å². The summed E-state index contributed by atoms with van der Waals surface area (Å²) >= 11 is 1.06. The lowest BCUT2D eigenvalue weighted by Gasteiger charge is -2.27. The number of nitrogen functional groups attached to an aromatic ring is 1. The number of anilines is 3. The van der Waals surface area contributed by atoms with Gasteiger partial charge in [-0.05, 0) is 61.7 Å². The molecule has 0 spiro atoms. The van der Waals surface area contributed by atoms with Gasteiger partial charge in [0.1, 0.15) is 11.4 Å². The Morgan fingerprint density at radius 3 is 2.37 bits per heavy atom. The molecule has 4 aromatic rings. The zero-order valence-corrected chi connectivity index (χ0v) is 21.1. The summed E-state index contributed by atoms with van der Waals surface area (Å²) in [6, 6.07) is 18.2. The van der Waals surface area contributed by atoms with Crippen molar-refractivity contribution < 1.29 is 14.6 Å². The molecule has 12 heteroatoms. The molecule has 0 aliphatic heterocycles. The smallest absolute Gasteiger partial charge is 0.258 e. The molecule has 11 nitrogen and oxygen atoms in total. The highest BCUT2D eigenvalue weighted by atomic mass is 32.2. The predicted molar refractivity (Wildman–Crippen MR) is 143 cm³/mol. The van der Waals surface area contributed by atoms with E-state index in [4.69, 9.17) is 10.5 Å². The Kier molecular flexibility index (Phi) is 7.90. The van der Waals surface area contributed by atoms with Crippen molar-refractivity contribution in [3.8, 4) is 11.6 Å². The van der Waals surface area contributed by atoms with Crippen LogP contribution >= 0.6 is 11.8 Å². The van der Waals surface area contributed by atoms with Crippen molar-refractivity contribution >= 4 is 35.3 Å². The zero-order valence-electron chi connectivity index (χ0n) is 20.3. The molecular formula is C26H26N8O3S. The highest BCUT2D eigenvalue weighted by Crippen LogP contribution is 2.33. The summed E-state index contributed by atoms with van der Waals surface area (Å²) in [7, 11) is 0. The molecule has 5 rings (SSSR count). The lowest BCUT2D eigenvalue weighted by molar-refractivity contribution is 0.102. The van der Waals surface area contributed by atoms with Crippen LogP contribution in [0.2, 0.25) is 0 Å². The first-order valence-corrected chi connectivity index (χ1v) is 12.9. The summed E-state index contributed by atoms with van der Waals surface area (Å²) < 4.78 is 6.09. The second-order valence-electron chi connectivity index (χ2n) is 8.66. The number of nitrogens with one attached hydrogen (secondary N) is 2. The fourth-order valence-corrected chi connectivity index (χ4v) is 4.60. The number of nitrogens with zero attached hydrogens (tertiary/aromatic N) is 5. The number of nitrogens with two attached hydrogens (primary N) is 1. The van der Waals surface area contributed by atoms with Crippen LogP contribution in [0.25, 0.3) is 0 Å². The number of hydrogen-bond acceptors (Lipinski definition) is 11. The fourth-order valence-electron chi connectivity index (χ4n) is 3.94. The molecule has 194 valence electrons. The molecule has 2 heterocycles. The lowest BCUT2D eigenvalue weighted by Crippen LogP contribution is -2.28. The molecule has 1 fully saturated rings. The van der Waals surface area contributed by atoms with Crippen molar-refractivity contribution in [3.05, 3.63) is 72.4 Å². The van der Waals surface area contributed by atoms with Crippen LogP contribution in [0.15, 0.2) is 77.2 Å². The Hall–Kier alpha value is -4.29. The molecule has 1 saturated carbocycles. The molecule has 2 aromatic heterocycles. The van der Waals surface area contributed by atoms with E-state index in [2.05, 4.69) is 35.6 Å². The third kappa shape index (κ3) is 6.72. The minimum absolute atomic E-state index is 0.0207. The van der Waals surface area contributed by atoms with E-state index in [9.17, 15) is 9.90 Å². The van der Waals surface area contributed by atoms with Gasteiger partial charge in [0.15, 0.2) is 5.16 Å². The highest BCUT2D eigenvalue weighted by molar-refractivity contribution is 7.99. The molecule has 38 heavy (non-hydrogen) atoms. The monoisotopic (exact) mass is 530 g/mol. The average molecular weight is 531 g/mol. The van der Waals surface area contributed by atoms with Crippen molar-refractivity contribution in [2.45, 2.75) is 48.1 Å². The van der Waals surface area contributed by atoms with Crippen LogP contribution in [0.3, 0.4) is 0 Å². The zero-order chi connectivity index (χ0) is 26.3. The molecule has 0 unspecified atom stereocenters. The number of para-hydroxylation sites is 1. The summed E-state index contributed by atoms with van der Waals surface area (Å²) in [6.45, 7) is 0. The number of hydrogen-bond donors (Lipinski definition) is 4. The van der Waals surface area contributed by atoms with Gasteiger partial charge in [-0.1, -0.05) is 36.4 Å². The molecule has 2 aromatic carbocycles. The SMILES string of the molecule is Nc1nc(NC(=O)c2ccccc2)nc(Sc2ncc(NC3CCC(O)CC3)c(Oc3ccccc3)n2)n1. The standard InChI is InChI=1S/C26H26N8O3S/c27-23-32-24(30-21(36)16-7-3-1-4-8-16)34-26(33-23)38-25-28-15-20(29-17-11-13-18(35)14-12-17)22(31-25)37-19-9-5-2-6-10-19/h1-10,15,17-18,29,35H,11-14H2,(H3,27,30,32,33,34,36). The molecule has 5 N–H and O–H groups in total. The van der Waals surface area contributed by atoms with Gasteiger partial charge in [-0.25, -0.2) is 4.98 Å². The number of aliphatic hydroxyl groups excluding tert-OH is 1. The topological polar surface area (TPSA) is 161 Å². The van der Waals surface area contributed by atoms with E-state index < -0.39 is 0 Å². The third-order valence-electron chi connectivity index (χ3n) is 5.82. The number of rotatable bonds is 8. The maximum absolute atomic E-state index is 12.5. The molecule has 0 atom stereocenters. The molecule has 1 aliphatic rings. The van der Waals surface area contributed by atoms with Crippen LogP contribution in [0.5, 0.6) is 11.6 Å². The quantitative estimate of drug-likeness (QED) is 0.242. The summed E-state index contributed by atoms with van der Waals surface area (Å²) in [4.78, 5) is 34.0. The first-order valence-electron chi connectivity index (χ1n) is 12.1. The normalized spacial score (nSPS) is 17.0. The van der Waals surface area contributed by atoms with Crippen LogP contribution in [0.4, 0.5) is 17.6 Å². The molecule has 1 aliphatic carbocycles. The summed E-state index contributed by atoms with van der Waals surface area (Å²) in [6.07, 6.45) is 4.56. The van der Waals surface area contributed by atoms with Gasteiger partial charge in [0.05, 0.1) is 12.3 Å². The van der Waals surface area contributed by atoms with Gasteiger partial charge in [-0.3, -0.25) is 10.1 Å². The summed E-state index contributed by atoms with van der Waals surface area (Å²) in [5.74, 6) is 0.573. The van der Waals surface area contributed by atoms with Crippen molar-refractivity contribution in [1.29, 1.82) is 0 Å². The Labute approximate surface area is 223 Å². The van der Waals surface area contributed by atoms with Gasteiger partial charge in [0.25, 0.3) is 5.91 Å². The molecule has 1 amide bonds. The fraction of sp³-hybridized carbons (Fsp3) is 0.231. The van der Waals surface area contributed by atoms with Crippen LogP contribution in [-0.4, -0.2) is 48.1 Å². The minimum atomic E-state index is -0.368. The van der Waals surface area contributed by atoms with E-state index in [-0.39, 0.29) is 35.1 Å². The van der Waals surface area contributed by atoms with Crippen molar-refractivity contribution in [1.82, 2.24) is 24.9 Å². The largest absolute Gasteiger partial charge is 0.437 e. The van der Waals surface area contributed by atoms with E-state index in [0.29, 0.717) is 28.0 Å². The van der Waals surface area contributed by atoms with Gasteiger partial charge >= 0.3 is 0 Å². The molecule has 0 bridgehead atoms. The number of benzene rings is 2. The van der Waals surface area contributed by atoms with Gasteiger partial charge in [-0.2, -0.15) is 19.9 Å². The predicted octanol–water partition coefficient (Wildman–Crippen LogP) is 4.16. The van der Waals surface area contributed by atoms with Crippen molar-refractivity contribution in [3.63, 3.8) is 0 Å². The number of amides is 1. The van der Waals surface area contributed by atoms with Crippen molar-refractivity contribution in [2.24, 2.45) is 0 Å². The minimum Gasteiger partial charge on any atom is -0.437 e. The highest BCUT2D eigenvalue weighted by Gasteiger charge is 2.22. The number of aromatic nitrogens is 5. The second kappa shape index (κ2) is 11.8. The third-order valence-corrected chi connectivity index (χ3v) is 6.57. The van der Waals surface area contributed by atoms with Crippen LogP contribution in [0.1, 0.15) is 36.0 Å². The van der Waals surface area contributed by atoms with E-state index >= 15 is 0 Å². The number of aliphatic hydroxyl groups is 1. The Morgan fingerprint density at radius 2 is 1.63 bits per heavy atom. The Bertz CT molecular complexity index is 1390. The van der Waals surface area contributed by atoms with E-state index in [1.807, 2.05) is 36.4 Å². The second-order valence-corrected chi connectivity index (χ2v) is 9.59.